The first-order valence-corrected chi connectivity index (χ1v) is 8.27. The van der Waals surface area contributed by atoms with Gasteiger partial charge in [0.05, 0.1) is 0 Å². The van der Waals surface area contributed by atoms with Gasteiger partial charge in [-0.1, -0.05) is 38.1 Å². The molecule has 5 nitrogen and oxygen atoms in total. The first kappa shape index (κ1) is 17.9. The van der Waals surface area contributed by atoms with Gasteiger partial charge in [-0.2, -0.15) is 0 Å². The lowest BCUT2D eigenvalue weighted by atomic mass is 10.1. The molecule has 1 heterocycles. The Bertz CT molecular complexity index is 776. The van der Waals surface area contributed by atoms with Gasteiger partial charge in [-0.25, -0.2) is 4.79 Å². The van der Waals surface area contributed by atoms with Crippen molar-refractivity contribution < 1.29 is 9.21 Å². The Balaban J connectivity index is 2.20. The fourth-order valence-electron chi connectivity index (χ4n) is 2.64. The third-order valence-electron chi connectivity index (χ3n) is 4.06. The van der Waals surface area contributed by atoms with Crippen LogP contribution in [0, 0.1) is 0 Å². The third kappa shape index (κ3) is 4.11. The monoisotopic (exact) mass is 328 g/mol. The molecule has 0 atom stereocenters. The van der Waals surface area contributed by atoms with E-state index in [1.54, 1.807) is 12.1 Å². The van der Waals surface area contributed by atoms with E-state index in [4.69, 9.17) is 4.42 Å². The fourth-order valence-corrected chi connectivity index (χ4v) is 2.64. The Morgan fingerprint density at radius 2 is 2.08 bits per heavy atom. The average molecular weight is 328 g/mol. The van der Waals surface area contributed by atoms with Gasteiger partial charge < -0.3 is 14.6 Å². The standard InChI is InChI=1S/C19H24N2O3/c1-4-8-14-9-7-10-15-13-16(19(23)24-17(14)15)18(22)20-11-12-21(5-2)6-3/h4,7,9-10,13H,1,5-6,8,11-12H2,2-3H3,(H,20,22). The molecule has 5 heteroatoms. The van der Waals surface area contributed by atoms with Gasteiger partial charge in [0.15, 0.2) is 0 Å². The molecule has 0 aliphatic heterocycles. The topological polar surface area (TPSA) is 62.6 Å². The number of hydrogen-bond acceptors (Lipinski definition) is 4. The molecule has 0 unspecified atom stereocenters. The third-order valence-corrected chi connectivity index (χ3v) is 4.06. The van der Waals surface area contributed by atoms with Gasteiger partial charge in [0.25, 0.3) is 5.91 Å². The molecule has 2 aromatic rings. The Morgan fingerprint density at radius 1 is 1.33 bits per heavy atom. The highest BCUT2D eigenvalue weighted by Gasteiger charge is 2.14. The predicted molar refractivity (Wildman–Crippen MR) is 96.5 cm³/mol. The SMILES string of the molecule is C=CCc1cccc2cc(C(=O)NCCN(CC)CC)c(=O)oc12. The van der Waals surface area contributed by atoms with E-state index < -0.39 is 11.5 Å². The first-order valence-electron chi connectivity index (χ1n) is 8.27. The van der Waals surface area contributed by atoms with Crippen molar-refractivity contribution in [3.63, 3.8) is 0 Å². The number of benzene rings is 1. The van der Waals surface area contributed by atoms with E-state index in [2.05, 4.69) is 30.6 Å². The summed E-state index contributed by atoms with van der Waals surface area (Å²) in [4.78, 5) is 26.6. The maximum Gasteiger partial charge on any atom is 0.349 e. The summed E-state index contributed by atoms with van der Waals surface area (Å²) in [6, 6.07) is 7.19. The second-order valence-corrected chi connectivity index (χ2v) is 5.56. The van der Waals surface area contributed by atoms with Crippen LogP contribution in [-0.4, -0.2) is 37.0 Å². The summed E-state index contributed by atoms with van der Waals surface area (Å²) in [5.41, 5.74) is 0.826. The summed E-state index contributed by atoms with van der Waals surface area (Å²) >= 11 is 0. The lowest BCUT2D eigenvalue weighted by molar-refractivity contribution is 0.0945. The number of nitrogens with zero attached hydrogens (tertiary/aromatic N) is 1. The van der Waals surface area contributed by atoms with E-state index in [9.17, 15) is 9.59 Å². The smallest absolute Gasteiger partial charge is 0.349 e. The second kappa shape index (κ2) is 8.45. The Labute approximate surface area is 142 Å². The maximum atomic E-state index is 12.3. The minimum absolute atomic E-state index is 0.0396. The molecular formula is C19H24N2O3. The van der Waals surface area contributed by atoms with Gasteiger partial charge in [0, 0.05) is 18.5 Å². The zero-order chi connectivity index (χ0) is 17.5. The first-order chi connectivity index (χ1) is 11.6. The highest BCUT2D eigenvalue weighted by molar-refractivity contribution is 5.97. The zero-order valence-corrected chi connectivity index (χ0v) is 14.3. The zero-order valence-electron chi connectivity index (χ0n) is 14.3. The van der Waals surface area contributed by atoms with Gasteiger partial charge in [0.1, 0.15) is 11.1 Å². The number of nitrogens with one attached hydrogen (secondary N) is 1. The minimum atomic E-state index is -0.612. The van der Waals surface area contributed by atoms with Crippen molar-refractivity contribution in [2.24, 2.45) is 0 Å². The van der Waals surface area contributed by atoms with Crippen molar-refractivity contribution in [2.45, 2.75) is 20.3 Å². The van der Waals surface area contributed by atoms with Crippen molar-refractivity contribution >= 4 is 16.9 Å². The number of hydrogen-bond donors (Lipinski definition) is 1. The quantitative estimate of drug-likeness (QED) is 0.598. The number of para-hydroxylation sites is 1. The molecule has 2 rings (SSSR count). The molecule has 0 aliphatic rings. The molecule has 0 fully saturated rings. The number of carbonyl (C=O) groups excluding carboxylic acids is 1. The molecule has 0 saturated heterocycles. The summed E-state index contributed by atoms with van der Waals surface area (Å²) in [7, 11) is 0. The predicted octanol–water partition coefficient (Wildman–Crippen LogP) is 2.59. The van der Waals surface area contributed by atoms with E-state index in [-0.39, 0.29) is 5.56 Å². The van der Waals surface area contributed by atoms with Crippen molar-refractivity contribution in [1.29, 1.82) is 0 Å². The van der Waals surface area contributed by atoms with Gasteiger partial charge in [-0.3, -0.25) is 4.79 Å². The van der Waals surface area contributed by atoms with Crippen LogP contribution in [0.1, 0.15) is 29.8 Å². The van der Waals surface area contributed by atoms with Crippen molar-refractivity contribution in [3.8, 4) is 0 Å². The van der Waals surface area contributed by atoms with Crippen LogP contribution >= 0.6 is 0 Å². The highest BCUT2D eigenvalue weighted by atomic mass is 16.4. The fraction of sp³-hybridized carbons (Fsp3) is 0.368. The maximum absolute atomic E-state index is 12.3. The number of rotatable bonds is 8. The number of amides is 1. The molecule has 1 aromatic heterocycles. The van der Waals surface area contributed by atoms with Gasteiger partial charge >= 0.3 is 5.63 Å². The van der Waals surface area contributed by atoms with E-state index in [0.29, 0.717) is 18.5 Å². The van der Waals surface area contributed by atoms with Crippen molar-refractivity contribution in [2.75, 3.05) is 26.2 Å². The molecule has 1 aromatic carbocycles. The van der Waals surface area contributed by atoms with Crippen LogP contribution in [0.5, 0.6) is 0 Å². The van der Waals surface area contributed by atoms with Crippen molar-refractivity contribution in [3.05, 3.63) is 58.5 Å². The Hall–Kier alpha value is -2.40. The highest BCUT2D eigenvalue weighted by Crippen LogP contribution is 2.19. The van der Waals surface area contributed by atoms with Crippen LogP contribution < -0.4 is 10.9 Å². The van der Waals surface area contributed by atoms with Gasteiger partial charge in [0.2, 0.25) is 0 Å². The van der Waals surface area contributed by atoms with Crippen LogP contribution in [-0.2, 0) is 6.42 Å². The summed E-state index contributed by atoms with van der Waals surface area (Å²) in [5, 5.41) is 3.53. The Morgan fingerprint density at radius 3 is 2.75 bits per heavy atom. The summed E-state index contributed by atoms with van der Waals surface area (Å²) < 4.78 is 5.39. The lowest BCUT2D eigenvalue weighted by Crippen LogP contribution is -2.36. The van der Waals surface area contributed by atoms with E-state index in [1.165, 1.54) is 0 Å². The minimum Gasteiger partial charge on any atom is -0.422 e. The number of likely N-dealkylation sites (N-methyl/N-ethyl adjacent to an activating group) is 1. The number of fused-ring (bicyclic) bond motifs is 1. The summed E-state index contributed by atoms with van der Waals surface area (Å²) in [5.74, 6) is -0.396. The van der Waals surface area contributed by atoms with Crippen LogP contribution in [0.3, 0.4) is 0 Å². The largest absolute Gasteiger partial charge is 0.422 e. The van der Waals surface area contributed by atoms with Gasteiger partial charge in [-0.05, 0) is 31.1 Å². The van der Waals surface area contributed by atoms with E-state index >= 15 is 0 Å². The van der Waals surface area contributed by atoms with Crippen LogP contribution in [0.2, 0.25) is 0 Å². The molecule has 0 spiro atoms. The van der Waals surface area contributed by atoms with Crippen LogP contribution in [0.4, 0.5) is 0 Å². The molecule has 128 valence electrons. The molecular weight excluding hydrogens is 304 g/mol. The number of allylic oxidation sites excluding steroid dienone is 1. The molecule has 0 saturated carbocycles. The second-order valence-electron chi connectivity index (χ2n) is 5.56. The molecule has 0 aliphatic carbocycles. The molecule has 1 amide bonds. The average Bonchev–Trinajstić information content (AvgIpc) is 2.59. The van der Waals surface area contributed by atoms with Crippen LogP contribution in [0.15, 0.2) is 46.1 Å². The van der Waals surface area contributed by atoms with Crippen LogP contribution in [0.25, 0.3) is 11.0 Å². The molecule has 24 heavy (non-hydrogen) atoms. The van der Waals surface area contributed by atoms with E-state index in [0.717, 1.165) is 30.6 Å². The van der Waals surface area contributed by atoms with E-state index in [1.807, 2.05) is 18.2 Å². The molecule has 0 bridgehead atoms. The normalized spacial score (nSPS) is 11.0. The van der Waals surface area contributed by atoms with Crippen molar-refractivity contribution in [1.82, 2.24) is 10.2 Å². The summed E-state index contributed by atoms with van der Waals surface area (Å²) in [6.07, 6.45) is 2.36. The summed E-state index contributed by atoms with van der Waals surface area (Å²) in [6.45, 7) is 11.0. The lowest BCUT2D eigenvalue weighted by Gasteiger charge is -2.17. The molecule has 0 radical (unpaired) electrons. The van der Waals surface area contributed by atoms with Gasteiger partial charge in [-0.15, -0.1) is 6.58 Å². The molecule has 1 N–H and O–H groups in total. The number of carbonyl (C=O) groups is 1. The Kier molecular flexibility index (Phi) is 6.32.